The number of fused-ring (bicyclic) bond motifs is 1. The molecule has 0 spiro atoms. The number of H-pyrrole nitrogens is 1. The summed E-state index contributed by atoms with van der Waals surface area (Å²) in [7, 11) is 2.20. The first-order chi connectivity index (χ1) is 8.74. The maximum Gasteiger partial charge on any atom is 0.0457 e. The number of likely N-dealkylation sites (N-methyl/N-ethyl adjacent to an activating group) is 1. The van der Waals surface area contributed by atoms with Crippen LogP contribution in [0.15, 0.2) is 29.3 Å². The van der Waals surface area contributed by atoms with E-state index in [1.807, 2.05) is 0 Å². The van der Waals surface area contributed by atoms with Crippen LogP contribution in [0.2, 0.25) is 0 Å². The fourth-order valence-electron chi connectivity index (χ4n) is 2.30. The Balaban J connectivity index is 2.12. The number of rotatable bonds is 6. The van der Waals surface area contributed by atoms with E-state index in [2.05, 4.69) is 54.5 Å². The van der Waals surface area contributed by atoms with Gasteiger partial charge in [-0.05, 0) is 56.5 Å². The molecule has 0 saturated carbocycles. The second-order valence-electron chi connectivity index (χ2n) is 4.78. The Bertz CT molecular complexity index is 504. The van der Waals surface area contributed by atoms with Crippen molar-refractivity contribution >= 4 is 22.7 Å². The molecule has 0 fully saturated rings. The fourth-order valence-corrected chi connectivity index (χ4v) is 2.74. The third kappa shape index (κ3) is 3.09. The lowest BCUT2D eigenvalue weighted by Crippen LogP contribution is -2.21. The maximum absolute atomic E-state index is 3.37. The summed E-state index contributed by atoms with van der Waals surface area (Å²) >= 11 is 1.80. The first-order valence-electron chi connectivity index (χ1n) is 6.57. The molecule has 2 aromatic rings. The Hall–Kier alpha value is -0.930. The quantitative estimate of drug-likeness (QED) is 0.799. The van der Waals surface area contributed by atoms with Crippen molar-refractivity contribution in [3.8, 4) is 0 Å². The Morgan fingerprint density at radius 1 is 1.28 bits per heavy atom. The molecule has 0 unspecified atom stereocenters. The second kappa shape index (κ2) is 6.30. The first-order valence-corrected chi connectivity index (χ1v) is 7.79. The monoisotopic (exact) mass is 262 g/mol. The molecular weight excluding hydrogens is 240 g/mol. The van der Waals surface area contributed by atoms with E-state index in [0.717, 1.165) is 13.0 Å². The van der Waals surface area contributed by atoms with E-state index >= 15 is 0 Å². The van der Waals surface area contributed by atoms with Gasteiger partial charge in [0.15, 0.2) is 0 Å². The minimum Gasteiger partial charge on any atom is -0.361 e. The molecule has 0 atom stereocenters. The third-order valence-electron chi connectivity index (χ3n) is 3.34. The van der Waals surface area contributed by atoms with Crippen molar-refractivity contribution in [2.45, 2.75) is 24.7 Å². The zero-order valence-corrected chi connectivity index (χ0v) is 12.3. The van der Waals surface area contributed by atoms with Crippen LogP contribution in [0.1, 0.15) is 18.9 Å². The normalized spacial score (nSPS) is 11.6. The van der Waals surface area contributed by atoms with Crippen LogP contribution in [-0.4, -0.2) is 36.3 Å². The standard InChI is InChI=1S/C15H22N2S/c1-4-8-17(2)9-7-12-11-16-15-6-5-13(18-3)10-14(12)15/h5-6,10-11,16H,4,7-9H2,1-3H3. The van der Waals surface area contributed by atoms with Crippen LogP contribution >= 0.6 is 11.8 Å². The lowest BCUT2D eigenvalue weighted by atomic mass is 10.1. The van der Waals surface area contributed by atoms with Gasteiger partial charge < -0.3 is 9.88 Å². The van der Waals surface area contributed by atoms with Crippen LogP contribution in [0.25, 0.3) is 10.9 Å². The summed E-state index contributed by atoms with van der Waals surface area (Å²) in [6.45, 7) is 4.54. The van der Waals surface area contributed by atoms with Crippen LogP contribution < -0.4 is 0 Å². The summed E-state index contributed by atoms with van der Waals surface area (Å²) in [6.07, 6.45) is 6.63. The smallest absolute Gasteiger partial charge is 0.0457 e. The molecule has 0 amide bonds. The van der Waals surface area contributed by atoms with Crippen molar-refractivity contribution in [2.24, 2.45) is 0 Å². The number of nitrogens with zero attached hydrogens (tertiary/aromatic N) is 1. The number of thioether (sulfide) groups is 1. The summed E-state index contributed by atoms with van der Waals surface area (Å²) in [4.78, 5) is 7.11. The summed E-state index contributed by atoms with van der Waals surface area (Å²) < 4.78 is 0. The molecular formula is C15H22N2S. The number of hydrogen-bond donors (Lipinski definition) is 1. The molecule has 1 aromatic heterocycles. The average molecular weight is 262 g/mol. The van der Waals surface area contributed by atoms with E-state index < -0.39 is 0 Å². The van der Waals surface area contributed by atoms with Crippen molar-refractivity contribution in [2.75, 3.05) is 26.4 Å². The zero-order chi connectivity index (χ0) is 13.0. The second-order valence-corrected chi connectivity index (χ2v) is 5.66. The molecule has 0 radical (unpaired) electrons. The molecule has 1 aromatic carbocycles. The molecule has 0 aliphatic rings. The van der Waals surface area contributed by atoms with Gasteiger partial charge in [0.2, 0.25) is 0 Å². The highest BCUT2D eigenvalue weighted by Crippen LogP contribution is 2.24. The largest absolute Gasteiger partial charge is 0.361 e. The van der Waals surface area contributed by atoms with Crippen LogP contribution in [-0.2, 0) is 6.42 Å². The summed E-state index contributed by atoms with van der Waals surface area (Å²) in [5.41, 5.74) is 2.68. The van der Waals surface area contributed by atoms with Crippen LogP contribution in [0, 0.1) is 0 Å². The highest BCUT2D eigenvalue weighted by Gasteiger charge is 2.05. The van der Waals surface area contributed by atoms with Crippen molar-refractivity contribution < 1.29 is 0 Å². The average Bonchev–Trinajstić information content (AvgIpc) is 2.79. The van der Waals surface area contributed by atoms with Gasteiger partial charge in [0, 0.05) is 28.5 Å². The number of aromatic amines is 1. The van der Waals surface area contributed by atoms with E-state index in [4.69, 9.17) is 0 Å². The van der Waals surface area contributed by atoms with Gasteiger partial charge in [-0.1, -0.05) is 6.92 Å². The predicted molar refractivity (Wildman–Crippen MR) is 81.6 cm³/mol. The predicted octanol–water partition coefficient (Wildman–Crippen LogP) is 3.77. The van der Waals surface area contributed by atoms with Crippen molar-refractivity contribution in [3.63, 3.8) is 0 Å². The third-order valence-corrected chi connectivity index (χ3v) is 4.07. The van der Waals surface area contributed by atoms with Crippen LogP contribution in [0.4, 0.5) is 0 Å². The van der Waals surface area contributed by atoms with E-state index in [1.54, 1.807) is 11.8 Å². The molecule has 0 saturated heterocycles. The lowest BCUT2D eigenvalue weighted by molar-refractivity contribution is 0.339. The topological polar surface area (TPSA) is 19.0 Å². The van der Waals surface area contributed by atoms with Gasteiger partial charge >= 0.3 is 0 Å². The summed E-state index contributed by atoms with van der Waals surface area (Å²) in [5.74, 6) is 0. The molecule has 0 bridgehead atoms. The molecule has 98 valence electrons. The van der Waals surface area contributed by atoms with Gasteiger partial charge in [-0.25, -0.2) is 0 Å². The molecule has 1 N–H and O–H groups in total. The number of benzene rings is 1. The molecule has 3 heteroatoms. The van der Waals surface area contributed by atoms with Gasteiger partial charge in [0.05, 0.1) is 0 Å². The SMILES string of the molecule is CCCN(C)CCc1c[nH]c2ccc(SC)cc12. The highest BCUT2D eigenvalue weighted by molar-refractivity contribution is 7.98. The molecule has 2 nitrogen and oxygen atoms in total. The van der Waals surface area contributed by atoms with E-state index in [9.17, 15) is 0 Å². The molecule has 0 aliphatic heterocycles. The Labute approximate surface area is 114 Å². The minimum atomic E-state index is 1.12. The van der Waals surface area contributed by atoms with E-state index in [1.165, 1.54) is 34.3 Å². The molecule has 1 heterocycles. The van der Waals surface area contributed by atoms with Crippen molar-refractivity contribution in [3.05, 3.63) is 30.0 Å². The van der Waals surface area contributed by atoms with E-state index in [0.29, 0.717) is 0 Å². The first kappa shape index (κ1) is 13.5. The minimum absolute atomic E-state index is 1.12. The van der Waals surface area contributed by atoms with Crippen LogP contribution in [0.5, 0.6) is 0 Å². The van der Waals surface area contributed by atoms with Crippen LogP contribution in [0.3, 0.4) is 0 Å². The maximum atomic E-state index is 3.37. The van der Waals surface area contributed by atoms with Gasteiger partial charge in [0.1, 0.15) is 0 Å². The summed E-state index contributed by atoms with van der Waals surface area (Å²) in [5, 5.41) is 1.38. The van der Waals surface area contributed by atoms with Crippen molar-refractivity contribution in [1.29, 1.82) is 0 Å². The number of hydrogen-bond acceptors (Lipinski definition) is 2. The molecule has 0 aliphatic carbocycles. The zero-order valence-electron chi connectivity index (χ0n) is 11.5. The number of nitrogens with one attached hydrogen (secondary N) is 1. The van der Waals surface area contributed by atoms with Gasteiger partial charge in [-0.2, -0.15) is 0 Å². The molecule has 2 rings (SSSR count). The van der Waals surface area contributed by atoms with Gasteiger partial charge in [0.25, 0.3) is 0 Å². The Morgan fingerprint density at radius 2 is 2.11 bits per heavy atom. The highest BCUT2D eigenvalue weighted by atomic mass is 32.2. The van der Waals surface area contributed by atoms with Gasteiger partial charge in [-0.3, -0.25) is 0 Å². The number of aromatic nitrogens is 1. The molecule has 18 heavy (non-hydrogen) atoms. The Morgan fingerprint density at radius 3 is 2.83 bits per heavy atom. The van der Waals surface area contributed by atoms with Gasteiger partial charge in [-0.15, -0.1) is 11.8 Å². The summed E-state index contributed by atoms with van der Waals surface area (Å²) in [6, 6.07) is 6.66. The fraction of sp³-hybridized carbons (Fsp3) is 0.467. The van der Waals surface area contributed by atoms with Crippen molar-refractivity contribution in [1.82, 2.24) is 9.88 Å². The Kier molecular flexibility index (Phi) is 4.72. The van der Waals surface area contributed by atoms with E-state index in [-0.39, 0.29) is 0 Å². The lowest BCUT2D eigenvalue weighted by Gasteiger charge is -2.14.